The summed E-state index contributed by atoms with van der Waals surface area (Å²) in [7, 11) is 0. The first-order valence-electron chi connectivity index (χ1n) is 5.54. The van der Waals surface area contributed by atoms with Gasteiger partial charge in [-0.05, 0) is 19.3 Å². The summed E-state index contributed by atoms with van der Waals surface area (Å²) in [5.74, 6) is 0.611. The van der Waals surface area contributed by atoms with Crippen molar-refractivity contribution < 1.29 is 4.74 Å². The first-order chi connectivity index (χ1) is 7.34. The first-order valence-corrected chi connectivity index (χ1v) is 5.54. The molecule has 0 aliphatic carbocycles. The number of hydrogen-bond donors (Lipinski definition) is 1. The highest BCUT2D eigenvalue weighted by molar-refractivity contribution is 5.04. The second kappa shape index (κ2) is 4.78. The van der Waals surface area contributed by atoms with E-state index >= 15 is 0 Å². The molecule has 0 radical (unpaired) electrons. The standard InChI is InChI=1S/C12H20N2O2/c1-6-16-10(12(3,4)5)11-13-8(2)7-9(15)14-11/h7,10H,6H2,1-5H3,(H,13,14,15). The molecule has 4 heteroatoms. The molecule has 1 aromatic heterocycles. The van der Waals surface area contributed by atoms with Gasteiger partial charge in [0.15, 0.2) is 0 Å². The van der Waals surface area contributed by atoms with Gasteiger partial charge in [-0.25, -0.2) is 4.98 Å². The maximum absolute atomic E-state index is 11.4. The summed E-state index contributed by atoms with van der Waals surface area (Å²) in [5, 5.41) is 0. The number of ether oxygens (including phenoxy) is 1. The van der Waals surface area contributed by atoms with Crippen LogP contribution in [0, 0.1) is 12.3 Å². The average Bonchev–Trinajstić information content (AvgIpc) is 2.10. The molecule has 0 aromatic carbocycles. The Labute approximate surface area is 96.1 Å². The predicted octanol–water partition coefficient (Wildman–Crippen LogP) is 2.20. The summed E-state index contributed by atoms with van der Waals surface area (Å²) in [6.07, 6.45) is -0.190. The van der Waals surface area contributed by atoms with Gasteiger partial charge in [-0.3, -0.25) is 4.79 Å². The van der Waals surface area contributed by atoms with Crippen LogP contribution in [0.25, 0.3) is 0 Å². The third-order valence-electron chi connectivity index (χ3n) is 2.26. The van der Waals surface area contributed by atoms with Gasteiger partial charge >= 0.3 is 0 Å². The Hall–Kier alpha value is -1.16. The minimum Gasteiger partial charge on any atom is -0.370 e. The van der Waals surface area contributed by atoms with E-state index in [-0.39, 0.29) is 17.1 Å². The van der Waals surface area contributed by atoms with E-state index in [4.69, 9.17) is 4.74 Å². The molecule has 0 aliphatic heterocycles. The summed E-state index contributed by atoms with van der Waals surface area (Å²) in [4.78, 5) is 18.5. The second-order valence-electron chi connectivity index (χ2n) is 4.97. The molecule has 0 amide bonds. The van der Waals surface area contributed by atoms with Crippen LogP contribution in [0.2, 0.25) is 0 Å². The molecule has 1 atom stereocenters. The Kier molecular flexibility index (Phi) is 3.86. The smallest absolute Gasteiger partial charge is 0.251 e. The van der Waals surface area contributed by atoms with Crippen LogP contribution in [-0.2, 0) is 4.74 Å². The highest BCUT2D eigenvalue weighted by atomic mass is 16.5. The van der Waals surface area contributed by atoms with Crippen LogP contribution >= 0.6 is 0 Å². The Balaban J connectivity index is 3.15. The molecule has 0 fully saturated rings. The fraction of sp³-hybridized carbons (Fsp3) is 0.667. The maximum atomic E-state index is 11.4. The van der Waals surface area contributed by atoms with Crippen molar-refractivity contribution in [3.8, 4) is 0 Å². The van der Waals surface area contributed by atoms with Crippen LogP contribution in [0.15, 0.2) is 10.9 Å². The quantitative estimate of drug-likeness (QED) is 0.856. The van der Waals surface area contributed by atoms with Gasteiger partial charge in [0, 0.05) is 18.4 Å². The largest absolute Gasteiger partial charge is 0.370 e. The molecule has 0 saturated carbocycles. The van der Waals surface area contributed by atoms with Gasteiger partial charge < -0.3 is 9.72 Å². The van der Waals surface area contributed by atoms with E-state index in [1.807, 2.05) is 13.8 Å². The summed E-state index contributed by atoms with van der Waals surface area (Å²) in [6, 6.07) is 1.48. The van der Waals surface area contributed by atoms with Crippen LogP contribution in [0.1, 0.15) is 45.3 Å². The fourth-order valence-corrected chi connectivity index (χ4v) is 1.63. The number of nitrogens with one attached hydrogen (secondary N) is 1. The normalized spacial score (nSPS) is 13.8. The maximum Gasteiger partial charge on any atom is 0.251 e. The van der Waals surface area contributed by atoms with Crippen molar-refractivity contribution in [1.29, 1.82) is 0 Å². The van der Waals surface area contributed by atoms with Crippen LogP contribution in [-0.4, -0.2) is 16.6 Å². The molecule has 4 nitrogen and oxygen atoms in total. The Morgan fingerprint density at radius 2 is 2.12 bits per heavy atom. The van der Waals surface area contributed by atoms with E-state index in [9.17, 15) is 4.79 Å². The highest BCUT2D eigenvalue weighted by Crippen LogP contribution is 2.33. The van der Waals surface area contributed by atoms with Crippen molar-refractivity contribution in [2.24, 2.45) is 5.41 Å². The van der Waals surface area contributed by atoms with E-state index in [2.05, 4.69) is 30.7 Å². The van der Waals surface area contributed by atoms with Crippen LogP contribution in [0.4, 0.5) is 0 Å². The van der Waals surface area contributed by atoms with Crippen molar-refractivity contribution in [3.05, 3.63) is 27.9 Å². The SMILES string of the molecule is CCOC(c1nc(C)cc(=O)[nH]1)C(C)(C)C. The number of aromatic nitrogens is 2. The molecule has 0 aliphatic rings. The van der Waals surface area contributed by atoms with E-state index in [0.29, 0.717) is 18.1 Å². The summed E-state index contributed by atoms with van der Waals surface area (Å²) >= 11 is 0. The third kappa shape index (κ3) is 3.17. The molecule has 16 heavy (non-hydrogen) atoms. The predicted molar refractivity (Wildman–Crippen MR) is 63.4 cm³/mol. The average molecular weight is 224 g/mol. The topological polar surface area (TPSA) is 55.0 Å². The number of hydrogen-bond acceptors (Lipinski definition) is 3. The molecular formula is C12H20N2O2. The van der Waals surface area contributed by atoms with E-state index in [0.717, 1.165) is 0 Å². The van der Waals surface area contributed by atoms with Gasteiger partial charge in [-0.15, -0.1) is 0 Å². The number of aromatic amines is 1. The van der Waals surface area contributed by atoms with Crippen LogP contribution < -0.4 is 5.56 Å². The summed E-state index contributed by atoms with van der Waals surface area (Å²) < 4.78 is 5.67. The van der Waals surface area contributed by atoms with Crippen LogP contribution in [0.5, 0.6) is 0 Å². The summed E-state index contributed by atoms with van der Waals surface area (Å²) in [5.41, 5.74) is 0.490. The summed E-state index contributed by atoms with van der Waals surface area (Å²) in [6.45, 7) is 10.5. The van der Waals surface area contributed by atoms with E-state index < -0.39 is 0 Å². The molecule has 0 spiro atoms. The van der Waals surface area contributed by atoms with Crippen molar-refractivity contribution in [3.63, 3.8) is 0 Å². The van der Waals surface area contributed by atoms with Gasteiger partial charge in [0.25, 0.3) is 5.56 Å². The number of aryl methyl sites for hydroxylation is 1. The molecule has 0 bridgehead atoms. The van der Waals surface area contributed by atoms with Crippen molar-refractivity contribution in [2.45, 2.75) is 40.7 Å². The van der Waals surface area contributed by atoms with Gasteiger partial charge in [0.05, 0.1) is 0 Å². The lowest BCUT2D eigenvalue weighted by Crippen LogP contribution is -2.26. The fourth-order valence-electron chi connectivity index (χ4n) is 1.63. The minimum atomic E-state index is -0.190. The van der Waals surface area contributed by atoms with Gasteiger partial charge in [-0.2, -0.15) is 0 Å². The van der Waals surface area contributed by atoms with Crippen molar-refractivity contribution >= 4 is 0 Å². The molecule has 1 rings (SSSR count). The lowest BCUT2D eigenvalue weighted by Gasteiger charge is -2.29. The van der Waals surface area contributed by atoms with Crippen molar-refractivity contribution in [2.75, 3.05) is 6.61 Å². The number of nitrogens with zero attached hydrogens (tertiary/aromatic N) is 1. The lowest BCUT2D eigenvalue weighted by molar-refractivity contribution is -0.0193. The van der Waals surface area contributed by atoms with E-state index in [1.165, 1.54) is 6.07 Å². The van der Waals surface area contributed by atoms with Gasteiger partial charge in [0.1, 0.15) is 11.9 Å². The zero-order valence-corrected chi connectivity index (χ0v) is 10.6. The van der Waals surface area contributed by atoms with E-state index in [1.54, 1.807) is 0 Å². The molecular weight excluding hydrogens is 204 g/mol. The zero-order valence-electron chi connectivity index (χ0n) is 10.6. The third-order valence-corrected chi connectivity index (χ3v) is 2.26. The van der Waals surface area contributed by atoms with Crippen molar-refractivity contribution in [1.82, 2.24) is 9.97 Å². The second-order valence-corrected chi connectivity index (χ2v) is 4.97. The lowest BCUT2D eigenvalue weighted by atomic mass is 9.88. The Morgan fingerprint density at radius 1 is 1.50 bits per heavy atom. The molecule has 1 N–H and O–H groups in total. The molecule has 1 aromatic rings. The Morgan fingerprint density at radius 3 is 2.56 bits per heavy atom. The molecule has 1 heterocycles. The first kappa shape index (κ1) is 12.9. The highest BCUT2D eigenvalue weighted by Gasteiger charge is 2.28. The molecule has 90 valence electrons. The zero-order chi connectivity index (χ0) is 12.3. The van der Waals surface area contributed by atoms with Gasteiger partial charge in [0.2, 0.25) is 0 Å². The molecule has 0 saturated heterocycles. The number of rotatable bonds is 3. The number of H-pyrrole nitrogens is 1. The van der Waals surface area contributed by atoms with Crippen LogP contribution in [0.3, 0.4) is 0 Å². The minimum absolute atomic E-state index is 0.0975. The monoisotopic (exact) mass is 224 g/mol. The Bertz CT molecular complexity index is 404. The molecule has 1 unspecified atom stereocenters. The van der Waals surface area contributed by atoms with Gasteiger partial charge in [-0.1, -0.05) is 20.8 Å².